The van der Waals surface area contributed by atoms with Crippen molar-refractivity contribution in [1.82, 2.24) is 5.32 Å². The lowest BCUT2D eigenvalue weighted by molar-refractivity contribution is 0.381. The Morgan fingerprint density at radius 1 is 1.22 bits per heavy atom. The molecule has 0 amide bonds. The van der Waals surface area contributed by atoms with E-state index in [1.54, 1.807) is 6.07 Å². The number of nitrogen functional groups attached to an aromatic ring is 1. The third kappa shape index (κ3) is 4.93. The summed E-state index contributed by atoms with van der Waals surface area (Å²) in [5, 5.41) is 4.16. The fourth-order valence-corrected chi connectivity index (χ4v) is 2.30. The van der Waals surface area contributed by atoms with E-state index in [0.29, 0.717) is 5.58 Å². The van der Waals surface area contributed by atoms with Gasteiger partial charge in [0.1, 0.15) is 5.69 Å². The summed E-state index contributed by atoms with van der Waals surface area (Å²) < 4.78 is 36.9. The summed E-state index contributed by atoms with van der Waals surface area (Å²) in [6.07, 6.45) is 0. The number of piperazine rings is 1. The highest BCUT2D eigenvalue weighted by Gasteiger charge is 2.15. The summed E-state index contributed by atoms with van der Waals surface area (Å²) in [5.74, 6) is 0. The highest BCUT2D eigenvalue weighted by atomic mass is 32.3. The maximum Gasteiger partial charge on any atom is 0.394 e. The molecule has 0 radical (unpaired) electrons. The van der Waals surface area contributed by atoms with Crippen molar-refractivity contribution in [3.05, 3.63) is 34.7 Å². The molecular weight excluding hydrogens is 326 g/mol. The van der Waals surface area contributed by atoms with E-state index >= 15 is 0 Å². The molecule has 1 aromatic carbocycles. The summed E-state index contributed by atoms with van der Waals surface area (Å²) in [6.45, 7) is 3.70. The Hall–Kier alpha value is -2.14. The van der Waals surface area contributed by atoms with Gasteiger partial charge in [0.05, 0.1) is 5.69 Å². The summed E-state index contributed by atoms with van der Waals surface area (Å²) in [4.78, 5) is 13.8. The first-order valence-electron chi connectivity index (χ1n) is 6.73. The second-order valence-electron chi connectivity index (χ2n) is 4.87. The number of hydrogen-bond acceptors (Lipinski definition) is 7. The molecule has 3 rings (SSSR count). The predicted molar refractivity (Wildman–Crippen MR) is 86.2 cm³/mol. The van der Waals surface area contributed by atoms with Gasteiger partial charge in [-0.2, -0.15) is 8.42 Å². The second kappa shape index (κ2) is 6.96. The fraction of sp³-hybridized carbons (Fsp3) is 0.308. The van der Waals surface area contributed by atoms with Gasteiger partial charge in [0.2, 0.25) is 0 Å². The Balaban J connectivity index is 0.000000338. The van der Waals surface area contributed by atoms with Gasteiger partial charge in [-0.15, -0.1) is 0 Å². The molecule has 23 heavy (non-hydrogen) atoms. The second-order valence-corrected chi connectivity index (χ2v) is 5.77. The standard InChI is InChI=1S/C13H15N3O2.H2O4S/c14-10-8-9-2-1-3-11(12(9)18-13(10)17)16-6-4-15-5-7-16;1-5(2,3)4/h1-3,8,15H,4-7,14H2;(H2,1,2,3,4). The van der Waals surface area contributed by atoms with E-state index in [0.717, 1.165) is 37.3 Å². The van der Waals surface area contributed by atoms with Crippen LogP contribution in [0.15, 0.2) is 33.5 Å². The number of nitrogens with zero attached hydrogens (tertiary/aromatic N) is 1. The van der Waals surface area contributed by atoms with E-state index in [-0.39, 0.29) is 5.69 Å². The molecule has 0 unspecified atom stereocenters. The van der Waals surface area contributed by atoms with Crippen LogP contribution in [0.1, 0.15) is 0 Å². The third-order valence-electron chi connectivity index (χ3n) is 3.22. The molecule has 1 saturated heterocycles. The predicted octanol–water partition coefficient (Wildman–Crippen LogP) is 0.132. The zero-order valence-electron chi connectivity index (χ0n) is 12.1. The Morgan fingerprint density at radius 3 is 2.43 bits per heavy atom. The number of nitrogens with one attached hydrogen (secondary N) is 1. The van der Waals surface area contributed by atoms with Crippen molar-refractivity contribution >= 4 is 32.7 Å². The number of anilines is 2. The first-order valence-corrected chi connectivity index (χ1v) is 8.13. The van der Waals surface area contributed by atoms with Gasteiger partial charge in [-0.1, -0.05) is 12.1 Å². The zero-order valence-corrected chi connectivity index (χ0v) is 12.9. The summed E-state index contributed by atoms with van der Waals surface area (Å²) >= 11 is 0. The van der Waals surface area contributed by atoms with Gasteiger partial charge in [0.25, 0.3) is 0 Å². The van der Waals surface area contributed by atoms with Crippen LogP contribution >= 0.6 is 0 Å². The molecule has 0 saturated carbocycles. The highest BCUT2D eigenvalue weighted by Crippen LogP contribution is 2.26. The molecule has 5 N–H and O–H groups in total. The molecule has 9 nitrogen and oxygen atoms in total. The molecule has 1 aliphatic heterocycles. The van der Waals surface area contributed by atoms with Crippen LogP contribution in [-0.2, 0) is 10.4 Å². The number of fused-ring (bicyclic) bond motifs is 1. The average molecular weight is 343 g/mol. The van der Waals surface area contributed by atoms with E-state index in [9.17, 15) is 4.79 Å². The Bertz CT molecular complexity index is 834. The van der Waals surface area contributed by atoms with Crippen molar-refractivity contribution in [2.75, 3.05) is 36.8 Å². The van der Waals surface area contributed by atoms with Crippen molar-refractivity contribution in [1.29, 1.82) is 0 Å². The molecule has 0 bridgehead atoms. The summed E-state index contributed by atoms with van der Waals surface area (Å²) in [7, 11) is -4.67. The number of para-hydroxylation sites is 1. The lowest BCUT2D eigenvalue weighted by atomic mass is 10.1. The molecule has 1 aromatic heterocycles. The number of rotatable bonds is 1. The molecule has 1 fully saturated rings. The normalized spacial score (nSPS) is 15.1. The van der Waals surface area contributed by atoms with Gasteiger partial charge in [-0.05, 0) is 12.1 Å². The molecule has 126 valence electrons. The topological polar surface area (TPSA) is 146 Å². The number of nitrogens with two attached hydrogens (primary N) is 1. The van der Waals surface area contributed by atoms with Crippen molar-refractivity contribution in [3.8, 4) is 0 Å². The van der Waals surface area contributed by atoms with Crippen molar-refractivity contribution < 1.29 is 21.9 Å². The highest BCUT2D eigenvalue weighted by molar-refractivity contribution is 7.79. The smallest absolute Gasteiger partial charge is 0.394 e. The Kier molecular flexibility index (Phi) is 5.21. The minimum atomic E-state index is -4.67. The zero-order chi connectivity index (χ0) is 17.0. The van der Waals surface area contributed by atoms with Crippen LogP contribution in [0.2, 0.25) is 0 Å². The average Bonchev–Trinajstić information content (AvgIpc) is 2.47. The van der Waals surface area contributed by atoms with Crippen molar-refractivity contribution in [2.24, 2.45) is 0 Å². The molecule has 0 atom stereocenters. The fourth-order valence-electron chi connectivity index (χ4n) is 2.30. The van der Waals surface area contributed by atoms with Gasteiger partial charge >= 0.3 is 16.0 Å². The number of hydrogen-bond donors (Lipinski definition) is 4. The summed E-state index contributed by atoms with van der Waals surface area (Å²) in [6, 6.07) is 7.51. The molecule has 2 heterocycles. The Morgan fingerprint density at radius 2 is 1.83 bits per heavy atom. The SMILES string of the molecule is Nc1cc2cccc(N3CCNCC3)c2oc1=O.O=S(=O)(O)O. The number of benzene rings is 1. The van der Waals surface area contributed by atoms with Gasteiger partial charge in [-0.3, -0.25) is 9.11 Å². The molecule has 1 aliphatic rings. The lowest BCUT2D eigenvalue weighted by Gasteiger charge is -2.29. The van der Waals surface area contributed by atoms with E-state index < -0.39 is 16.0 Å². The minimum Gasteiger partial charge on any atom is -0.419 e. The molecule has 2 aromatic rings. The van der Waals surface area contributed by atoms with Crippen LogP contribution < -0.4 is 21.6 Å². The largest absolute Gasteiger partial charge is 0.419 e. The molecule has 0 spiro atoms. The van der Waals surface area contributed by atoms with E-state index in [2.05, 4.69) is 10.2 Å². The van der Waals surface area contributed by atoms with Crippen LogP contribution in [0.3, 0.4) is 0 Å². The quantitative estimate of drug-likeness (QED) is 0.419. The van der Waals surface area contributed by atoms with Crippen molar-refractivity contribution in [2.45, 2.75) is 0 Å². The first kappa shape index (κ1) is 17.2. The van der Waals surface area contributed by atoms with Gasteiger partial charge in [-0.25, -0.2) is 4.79 Å². The van der Waals surface area contributed by atoms with Crippen LogP contribution in [-0.4, -0.2) is 43.7 Å². The van der Waals surface area contributed by atoms with Crippen LogP contribution in [0.5, 0.6) is 0 Å². The van der Waals surface area contributed by atoms with E-state index in [4.69, 9.17) is 27.7 Å². The van der Waals surface area contributed by atoms with Gasteiger partial charge in [0.15, 0.2) is 5.58 Å². The molecule has 0 aliphatic carbocycles. The van der Waals surface area contributed by atoms with Crippen molar-refractivity contribution in [3.63, 3.8) is 0 Å². The molecule has 10 heteroatoms. The maximum atomic E-state index is 11.5. The minimum absolute atomic E-state index is 0.153. The summed E-state index contributed by atoms with van der Waals surface area (Å²) in [5.41, 5.74) is 6.86. The van der Waals surface area contributed by atoms with Crippen LogP contribution in [0, 0.1) is 0 Å². The first-order chi connectivity index (χ1) is 10.8. The molecular formula is C13H17N3O6S. The lowest BCUT2D eigenvalue weighted by Crippen LogP contribution is -2.43. The van der Waals surface area contributed by atoms with E-state index in [1.807, 2.05) is 18.2 Å². The van der Waals surface area contributed by atoms with E-state index in [1.165, 1.54) is 0 Å². The van der Waals surface area contributed by atoms with Gasteiger partial charge in [0, 0.05) is 31.6 Å². The maximum absolute atomic E-state index is 11.5. The Labute approximate surface area is 132 Å². The van der Waals surface area contributed by atoms with Crippen LogP contribution in [0.25, 0.3) is 11.0 Å². The monoisotopic (exact) mass is 343 g/mol. The van der Waals surface area contributed by atoms with Gasteiger partial charge < -0.3 is 20.4 Å². The third-order valence-corrected chi connectivity index (χ3v) is 3.22. The van der Waals surface area contributed by atoms with Crippen LogP contribution in [0.4, 0.5) is 11.4 Å².